The Morgan fingerprint density at radius 1 is 1.16 bits per heavy atom. The van der Waals surface area contributed by atoms with Crippen LogP contribution in [-0.4, -0.2) is 37.6 Å². The molecule has 1 amide bonds. The number of anilines is 1. The van der Waals surface area contributed by atoms with E-state index in [9.17, 15) is 18.4 Å². The van der Waals surface area contributed by atoms with Crippen LogP contribution in [0.4, 0.5) is 14.5 Å². The van der Waals surface area contributed by atoms with E-state index in [1.807, 2.05) is 0 Å². The van der Waals surface area contributed by atoms with E-state index in [1.165, 1.54) is 18.1 Å². The van der Waals surface area contributed by atoms with E-state index in [0.717, 1.165) is 22.8 Å². The maximum Gasteiger partial charge on any atom is 0.283 e. The van der Waals surface area contributed by atoms with E-state index in [4.69, 9.17) is 4.74 Å². The lowest BCUT2D eigenvalue weighted by Gasteiger charge is -2.10. The molecule has 9 nitrogen and oxygen atoms in total. The minimum atomic E-state index is -0.726. The van der Waals surface area contributed by atoms with E-state index >= 15 is 0 Å². The Labute approximate surface area is 173 Å². The highest BCUT2D eigenvalue weighted by Gasteiger charge is 2.15. The lowest BCUT2D eigenvalue weighted by atomic mass is 10.2. The zero-order valence-corrected chi connectivity index (χ0v) is 16.2. The quantitative estimate of drug-likeness (QED) is 0.506. The van der Waals surface area contributed by atoms with Crippen molar-refractivity contribution >= 4 is 22.8 Å². The van der Waals surface area contributed by atoms with Gasteiger partial charge in [0.2, 0.25) is 5.91 Å². The molecule has 4 rings (SSSR count). The maximum atomic E-state index is 13.4. The molecule has 0 saturated carbocycles. The molecule has 1 N–H and O–H groups in total. The molecule has 0 saturated heterocycles. The first-order chi connectivity index (χ1) is 14.9. The predicted octanol–water partition coefficient (Wildman–Crippen LogP) is 1.96. The zero-order valence-electron chi connectivity index (χ0n) is 16.2. The molecular weight excluding hydrogens is 410 g/mol. The standard InChI is InChI=1S/C20H16F2N6O3/c1-31-16-5-3-2-4-15(16)24-17(29)10-27-11-23-19-18(20(27)30)25-26-28(19)9-12-6-13(21)8-14(22)7-12/h2-8,11H,9-10H2,1H3,(H,24,29). The van der Waals surface area contributed by atoms with Gasteiger partial charge < -0.3 is 10.1 Å². The lowest BCUT2D eigenvalue weighted by molar-refractivity contribution is -0.116. The van der Waals surface area contributed by atoms with Crippen molar-refractivity contribution in [3.8, 4) is 5.75 Å². The molecule has 2 aromatic carbocycles. The maximum absolute atomic E-state index is 13.4. The van der Waals surface area contributed by atoms with Crippen molar-refractivity contribution in [1.82, 2.24) is 24.5 Å². The van der Waals surface area contributed by atoms with Crippen LogP contribution in [0.3, 0.4) is 0 Å². The van der Waals surface area contributed by atoms with Crippen LogP contribution < -0.4 is 15.6 Å². The number of rotatable bonds is 6. The third kappa shape index (κ3) is 4.25. The number of nitrogens with zero attached hydrogens (tertiary/aromatic N) is 5. The number of methoxy groups -OCH3 is 1. The van der Waals surface area contributed by atoms with Gasteiger partial charge in [-0.3, -0.25) is 14.2 Å². The molecule has 158 valence electrons. The monoisotopic (exact) mass is 426 g/mol. The smallest absolute Gasteiger partial charge is 0.283 e. The molecule has 0 bridgehead atoms. The van der Waals surface area contributed by atoms with Gasteiger partial charge in [0, 0.05) is 6.07 Å². The first-order valence-corrected chi connectivity index (χ1v) is 9.11. The molecule has 0 fully saturated rings. The number of aromatic nitrogens is 5. The largest absolute Gasteiger partial charge is 0.495 e. The van der Waals surface area contributed by atoms with E-state index in [-0.39, 0.29) is 24.3 Å². The first-order valence-electron chi connectivity index (χ1n) is 9.11. The molecule has 2 aromatic heterocycles. The number of nitrogens with one attached hydrogen (secondary N) is 1. The molecule has 0 radical (unpaired) electrons. The third-order valence-corrected chi connectivity index (χ3v) is 4.44. The molecule has 2 heterocycles. The van der Waals surface area contributed by atoms with Gasteiger partial charge in [0.25, 0.3) is 5.56 Å². The molecule has 0 unspecified atom stereocenters. The summed E-state index contributed by atoms with van der Waals surface area (Å²) in [6, 6.07) is 9.93. The fourth-order valence-electron chi connectivity index (χ4n) is 3.07. The SMILES string of the molecule is COc1ccccc1NC(=O)Cn1cnc2c(nnn2Cc2cc(F)cc(F)c2)c1=O. The lowest BCUT2D eigenvalue weighted by Crippen LogP contribution is -2.28. The Morgan fingerprint density at radius 3 is 2.65 bits per heavy atom. The second kappa shape index (κ2) is 8.30. The Kier molecular flexibility index (Phi) is 5.39. The van der Waals surface area contributed by atoms with E-state index < -0.39 is 23.1 Å². The molecule has 0 aliphatic carbocycles. The summed E-state index contributed by atoms with van der Waals surface area (Å²) in [7, 11) is 1.48. The number of amides is 1. The van der Waals surface area contributed by atoms with Gasteiger partial charge in [-0.2, -0.15) is 0 Å². The van der Waals surface area contributed by atoms with Crippen LogP contribution in [0, 0.1) is 11.6 Å². The Balaban J connectivity index is 1.56. The Morgan fingerprint density at radius 2 is 1.90 bits per heavy atom. The molecule has 4 aromatic rings. The highest BCUT2D eigenvalue weighted by molar-refractivity contribution is 5.92. The van der Waals surface area contributed by atoms with Crippen molar-refractivity contribution in [1.29, 1.82) is 0 Å². The van der Waals surface area contributed by atoms with Crippen LogP contribution in [0.2, 0.25) is 0 Å². The molecule has 11 heteroatoms. The minimum Gasteiger partial charge on any atom is -0.495 e. The number of hydrogen-bond acceptors (Lipinski definition) is 6. The van der Waals surface area contributed by atoms with Crippen molar-refractivity contribution < 1.29 is 18.3 Å². The fourth-order valence-corrected chi connectivity index (χ4v) is 3.07. The number of carbonyl (C=O) groups excluding carboxylic acids is 1. The minimum absolute atomic E-state index is 0.0318. The first kappa shape index (κ1) is 20.1. The summed E-state index contributed by atoms with van der Waals surface area (Å²) in [5, 5.41) is 10.3. The van der Waals surface area contributed by atoms with E-state index in [0.29, 0.717) is 17.0 Å². The van der Waals surface area contributed by atoms with Gasteiger partial charge in [-0.15, -0.1) is 5.10 Å². The summed E-state index contributed by atoms with van der Waals surface area (Å²) >= 11 is 0. The molecule has 0 atom stereocenters. The third-order valence-electron chi connectivity index (χ3n) is 4.44. The molecule has 31 heavy (non-hydrogen) atoms. The fraction of sp³-hybridized carbons (Fsp3) is 0.150. The Bertz CT molecular complexity index is 1310. The Hall–Kier alpha value is -4.15. The normalized spacial score (nSPS) is 10.9. The number of ether oxygens (including phenoxy) is 1. The van der Waals surface area contributed by atoms with Gasteiger partial charge in [-0.25, -0.2) is 18.4 Å². The van der Waals surface area contributed by atoms with Gasteiger partial charge in [0.05, 0.1) is 19.3 Å². The van der Waals surface area contributed by atoms with E-state index in [1.54, 1.807) is 24.3 Å². The summed E-state index contributed by atoms with van der Waals surface area (Å²) in [6.45, 7) is -0.336. The highest BCUT2D eigenvalue weighted by Crippen LogP contribution is 2.22. The summed E-state index contributed by atoms with van der Waals surface area (Å²) in [6.07, 6.45) is 1.19. The van der Waals surface area contributed by atoms with Crippen molar-refractivity contribution in [3.05, 3.63) is 76.3 Å². The molecular formula is C20H16F2N6O3. The van der Waals surface area contributed by atoms with Crippen LogP contribution in [0.15, 0.2) is 53.6 Å². The molecule has 0 aliphatic rings. The van der Waals surface area contributed by atoms with Crippen LogP contribution in [0.25, 0.3) is 11.2 Å². The number of para-hydroxylation sites is 2. The average molecular weight is 426 g/mol. The molecule has 0 aliphatic heterocycles. The highest BCUT2D eigenvalue weighted by atomic mass is 19.1. The van der Waals surface area contributed by atoms with Crippen LogP contribution in [-0.2, 0) is 17.9 Å². The second-order valence-electron chi connectivity index (χ2n) is 6.62. The topological polar surface area (TPSA) is 104 Å². The summed E-state index contributed by atoms with van der Waals surface area (Å²) in [4.78, 5) is 29.2. The van der Waals surface area contributed by atoms with Crippen LogP contribution in [0.5, 0.6) is 5.75 Å². The number of fused-ring (bicyclic) bond motifs is 1. The van der Waals surface area contributed by atoms with Crippen LogP contribution >= 0.6 is 0 Å². The van der Waals surface area contributed by atoms with Crippen LogP contribution in [0.1, 0.15) is 5.56 Å². The number of hydrogen-bond donors (Lipinski definition) is 1. The number of halogens is 2. The summed E-state index contributed by atoms with van der Waals surface area (Å²) in [5.41, 5.74) is 0.259. The predicted molar refractivity (Wildman–Crippen MR) is 107 cm³/mol. The second-order valence-corrected chi connectivity index (χ2v) is 6.62. The number of carbonyl (C=O) groups is 1. The van der Waals surface area contributed by atoms with Gasteiger partial charge in [-0.05, 0) is 29.8 Å². The average Bonchev–Trinajstić information content (AvgIpc) is 3.13. The van der Waals surface area contributed by atoms with Gasteiger partial charge in [0.1, 0.15) is 30.3 Å². The molecule has 0 spiro atoms. The van der Waals surface area contributed by atoms with Crippen molar-refractivity contribution in [3.63, 3.8) is 0 Å². The summed E-state index contributed by atoms with van der Waals surface area (Å²) in [5.74, 6) is -1.43. The van der Waals surface area contributed by atoms with Gasteiger partial charge >= 0.3 is 0 Å². The summed E-state index contributed by atoms with van der Waals surface area (Å²) < 4.78 is 34.4. The van der Waals surface area contributed by atoms with Crippen molar-refractivity contribution in [2.75, 3.05) is 12.4 Å². The van der Waals surface area contributed by atoms with Gasteiger partial charge in [-0.1, -0.05) is 17.3 Å². The van der Waals surface area contributed by atoms with E-state index in [2.05, 4.69) is 20.6 Å². The number of benzene rings is 2. The van der Waals surface area contributed by atoms with Gasteiger partial charge in [0.15, 0.2) is 11.2 Å². The van der Waals surface area contributed by atoms with Crippen molar-refractivity contribution in [2.45, 2.75) is 13.1 Å². The van der Waals surface area contributed by atoms with Crippen molar-refractivity contribution in [2.24, 2.45) is 0 Å². The zero-order chi connectivity index (χ0) is 22.0.